The van der Waals surface area contributed by atoms with Gasteiger partial charge in [-0.1, -0.05) is 12.5 Å². The summed E-state index contributed by atoms with van der Waals surface area (Å²) < 4.78 is 33.4. The standard InChI is InChI=1S/C21H29N3O4S2/c1-16(2)28-20-9-8-18(30(26,27)24-10-4-3-5-11-24)13-19(20)22-15-21(25)23-14-17-7-6-12-29-17/h6-9,12-13,16,22H,3-5,10-11,14-15H2,1-2H3,(H,23,25). The number of nitrogens with zero attached hydrogens (tertiary/aromatic N) is 1. The van der Waals surface area contributed by atoms with E-state index in [9.17, 15) is 13.2 Å². The molecular formula is C21H29N3O4S2. The molecule has 1 amide bonds. The maximum atomic E-state index is 13.0. The minimum absolute atomic E-state index is 0.0209. The highest BCUT2D eigenvalue weighted by Gasteiger charge is 2.27. The molecule has 1 fully saturated rings. The highest BCUT2D eigenvalue weighted by atomic mass is 32.2. The Balaban J connectivity index is 1.73. The molecular weight excluding hydrogens is 422 g/mol. The first-order valence-corrected chi connectivity index (χ1v) is 12.5. The molecule has 2 N–H and O–H groups in total. The topological polar surface area (TPSA) is 87.7 Å². The number of nitrogens with one attached hydrogen (secondary N) is 2. The van der Waals surface area contributed by atoms with Crippen LogP contribution in [0.15, 0.2) is 40.6 Å². The van der Waals surface area contributed by atoms with E-state index < -0.39 is 10.0 Å². The van der Waals surface area contributed by atoms with Crippen LogP contribution < -0.4 is 15.4 Å². The first-order chi connectivity index (χ1) is 14.4. The van der Waals surface area contributed by atoms with Gasteiger partial charge >= 0.3 is 0 Å². The third-order valence-electron chi connectivity index (χ3n) is 4.75. The lowest BCUT2D eigenvalue weighted by Crippen LogP contribution is -2.35. The van der Waals surface area contributed by atoms with Crippen LogP contribution in [0.2, 0.25) is 0 Å². The average Bonchev–Trinajstić information content (AvgIpc) is 3.25. The molecule has 0 bridgehead atoms. The van der Waals surface area contributed by atoms with Crippen LogP contribution in [0.5, 0.6) is 5.75 Å². The predicted molar refractivity (Wildman–Crippen MR) is 119 cm³/mol. The fourth-order valence-corrected chi connectivity index (χ4v) is 5.44. The Hall–Kier alpha value is -2.10. The number of thiophene rings is 1. The molecule has 2 aromatic rings. The summed E-state index contributed by atoms with van der Waals surface area (Å²) in [7, 11) is -3.57. The molecule has 0 saturated carbocycles. The molecule has 0 spiro atoms. The van der Waals surface area contributed by atoms with Gasteiger partial charge in [0.25, 0.3) is 0 Å². The van der Waals surface area contributed by atoms with Gasteiger partial charge < -0.3 is 15.4 Å². The van der Waals surface area contributed by atoms with E-state index in [0.29, 0.717) is 31.1 Å². The lowest BCUT2D eigenvalue weighted by molar-refractivity contribution is -0.119. The van der Waals surface area contributed by atoms with Crippen molar-refractivity contribution in [3.63, 3.8) is 0 Å². The molecule has 0 unspecified atom stereocenters. The highest BCUT2D eigenvalue weighted by molar-refractivity contribution is 7.89. The van der Waals surface area contributed by atoms with Crippen molar-refractivity contribution in [2.75, 3.05) is 25.0 Å². The molecule has 1 aliphatic rings. The van der Waals surface area contributed by atoms with Gasteiger partial charge in [0.2, 0.25) is 15.9 Å². The monoisotopic (exact) mass is 451 g/mol. The Morgan fingerprint density at radius 3 is 2.63 bits per heavy atom. The van der Waals surface area contributed by atoms with Gasteiger partial charge in [-0.25, -0.2) is 8.42 Å². The van der Waals surface area contributed by atoms with Crippen LogP contribution in [-0.2, 0) is 21.4 Å². The summed E-state index contributed by atoms with van der Waals surface area (Å²) in [5.74, 6) is 0.344. The number of hydrogen-bond acceptors (Lipinski definition) is 6. The number of sulfonamides is 1. The zero-order valence-corrected chi connectivity index (χ0v) is 19.0. The van der Waals surface area contributed by atoms with E-state index in [1.165, 1.54) is 4.31 Å². The number of piperidine rings is 1. The van der Waals surface area contributed by atoms with E-state index in [0.717, 1.165) is 24.1 Å². The summed E-state index contributed by atoms with van der Waals surface area (Å²) in [6.07, 6.45) is 2.73. The third kappa shape index (κ3) is 5.96. The van der Waals surface area contributed by atoms with Crippen molar-refractivity contribution < 1.29 is 17.9 Å². The molecule has 2 heterocycles. The van der Waals surface area contributed by atoms with Crippen LogP contribution in [0.1, 0.15) is 38.0 Å². The molecule has 1 saturated heterocycles. The highest BCUT2D eigenvalue weighted by Crippen LogP contribution is 2.30. The fourth-order valence-electron chi connectivity index (χ4n) is 3.26. The number of rotatable bonds is 9. The van der Waals surface area contributed by atoms with Crippen LogP contribution in [0.25, 0.3) is 0 Å². The number of amides is 1. The number of carbonyl (C=O) groups is 1. The Kier molecular flexibility index (Phi) is 7.74. The summed E-state index contributed by atoms with van der Waals surface area (Å²) in [6.45, 7) is 5.37. The van der Waals surface area contributed by atoms with Crippen molar-refractivity contribution in [1.29, 1.82) is 0 Å². The summed E-state index contributed by atoms with van der Waals surface area (Å²) in [5.41, 5.74) is 0.494. The van der Waals surface area contributed by atoms with Crippen molar-refractivity contribution in [1.82, 2.24) is 9.62 Å². The maximum absolute atomic E-state index is 13.0. The maximum Gasteiger partial charge on any atom is 0.243 e. The minimum atomic E-state index is -3.57. The summed E-state index contributed by atoms with van der Waals surface area (Å²) in [5, 5.41) is 7.86. The van der Waals surface area contributed by atoms with Gasteiger partial charge in [0.1, 0.15) is 5.75 Å². The van der Waals surface area contributed by atoms with E-state index in [1.54, 1.807) is 29.5 Å². The number of benzene rings is 1. The van der Waals surface area contributed by atoms with Crippen molar-refractivity contribution >= 4 is 33.0 Å². The van der Waals surface area contributed by atoms with Crippen LogP contribution >= 0.6 is 11.3 Å². The normalized spacial score (nSPS) is 15.2. The van der Waals surface area contributed by atoms with Crippen LogP contribution in [0.4, 0.5) is 5.69 Å². The SMILES string of the molecule is CC(C)Oc1ccc(S(=O)(=O)N2CCCCC2)cc1NCC(=O)NCc1cccs1. The fraction of sp³-hybridized carbons (Fsp3) is 0.476. The first kappa shape index (κ1) is 22.6. The minimum Gasteiger partial charge on any atom is -0.489 e. The van der Waals surface area contributed by atoms with Crippen LogP contribution in [0, 0.1) is 0 Å². The molecule has 164 valence electrons. The predicted octanol–water partition coefficient (Wildman–Crippen LogP) is 3.44. The van der Waals surface area contributed by atoms with Gasteiger partial charge in [0.05, 0.1) is 29.8 Å². The van der Waals surface area contributed by atoms with E-state index in [1.807, 2.05) is 31.4 Å². The van der Waals surface area contributed by atoms with Gasteiger partial charge in [-0.05, 0) is 56.3 Å². The van der Waals surface area contributed by atoms with Gasteiger partial charge in [0.15, 0.2) is 0 Å². The second-order valence-electron chi connectivity index (χ2n) is 7.50. The number of carbonyl (C=O) groups excluding carboxylic acids is 1. The Labute approximate surface area is 182 Å². The molecule has 1 aliphatic heterocycles. The Morgan fingerprint density at radius 1 is 1.20 bits per heavy atom. The van der Waals surface area contributed by atoms with Crippen LogP contribution in [0.3, 0.4) is 0 Å². The van der Waals surface area contributed by atoms with E-state index in [-0.39, 0.29) is 23.5 Å². The zero-order valence-electron chi connectivity index (χ0n) is 17.4. The molecule has 3 rings (SSSR count). The summed E-state index contributed by atoms with van der Waals surface area (Å²) >= 11 is 1.58. The van der Waals surface area contributed by atoms with E-state index >= 15 is 0 Å². The second kappa shape index (κ2) is 10.3. The molecule has 1 aromatic carbocycles. The Morgan fingerprint density at radius 2 is 1.97 bits per heavy atom. The molecule has 0 aliphatic carbocycles. The number of hydrogen-bond donors (Lipinski definition) is 2. The molecule has 0 radical (unpaired) electrons. The largest absolute Gasteiger partial charge is 0.489 e. The average molecular weight is 452 g/mol. The quantitative estimate of drug-likeness (QED) is 0.610. The van der Waals surface area contributed by atoms with Gasteiger partial charge in [-0.3, -0.25) is 4.79 Å². The summed E-state index contributed by atoms with van der Waals surface area (Å²) in [4.78, 5) is 13.5. The van der Waals surface area contributed by atoms with Crippen molar-refractivity contribution in [3.8, 4) is 5.75 Å². The lowest BCUT2D eigenvalue weighted by Gasteiger charge is -2.26. The molecule has 30 heavy (non-hydrogen) atoms. The number of anilines is 1. The molecule has 7 nitrogen and oxygen atoms in total. The Bertz CT molecular complexity index is 937. The van der Waals surface area contributed by atoms with Crippen molar-refractivity contribution in [2.24, 2.45) is 0 Å². The third-order valence-corrected chi connectivity index (χ3v) is 7.52. The summed E-state index contributed by atoms with van der Waals surface area (Å²) in [6, 6.07) is 8.69. The molecule has 9 heteroatoms. The van der Waals surface area contributed by atoms with Crippen molar-refractivity contribution in [2.45, 2.75) is 50.7 Å². The van der Waals surface area contributed by atoms with E-state index in [4.69, 9.17) is 4.74 Å². The van der Waals surface area contributed by atoms with Crippen molar-refractivity contribution in [3.05, 3.63) is 40.6 Å². The van der Waals surface area contributed by atoms with Gasteiger partial charge in [-0.2, -0.15) is 4.31 Å². The van der Waals surface area contributed by atoms with E-state index in [2.05, 4.69) is 10.6 Å². The molecule has 1 aromatic heterocycles. The van der Waals surface area contributed by atoms with Gasteiger partial charge in [0, 0.05) is 18.0 Å². The van der Waals surface area contributed by atoms with Crippen LogP contribution in [-0.4, -0.2) is 44.4 Å². The second-order valence-corrected chi connectivity index (χ2v) is 10.5. The molecule has 0 atom stereocenters. The number of ether oxygens (including phenoxy) is 1. The zero-order chi connectivity index (χ0) is 21.6. The lowest BCUT2D eigenvalue weighted by atomic mass is 10.2. The van der Waals surface area contributed by atoms with Gasteiger partial charge in [-0.15, -0.1) is 11.3 Å². The first-order valence-electron chi connectivity index (χ1n) is 10.2. The smallest absolute Gasteiger partial charge is 0.243 e.